The summed E-state index contributed by atoms with van der Waals surface area (Å²) >= 11 is 0. The van der Waals surface area contributed by atoms with E-state index in [0.29, 0.717) is 0 Å². The fourth-order valence-corrected chi connectivity index (χ4v) is 0.920. The molecule has 0 spiro atoms. The minimum absolute atomic E-state index is 0.763. The Morgan fingerprint density at radius 2 is 2.15 bits per heavy atom. The van der Waals surface area contributed by atoms with Gasteiger partial charge in [-0.3, -0.25) is 9.32 Å². The summed E-state index contributed by atoms with van der Waals surface area (Å²) in [6.45, 7) is 3.41. The van der Waals surface area contributed by atoms with E-state index in [-0.39, 0.29) is 0 Å². The molecule has 0 aromatic rings. The molecule has 0 aromatic heterocycles. The fraction of sp³-hybridized carbons (Fsp3) is 0.500. The Balaban J connectivity index is 4.27. The number of hydrogen-bond acceptors (Lipinski definition) is 4. The summed E-state index contributed by atoms with van der Waals surface area (Å²) in [6, 6.07) is 0. The third kappa shape index (κ3) is 4.92. The molecular formula is C6H11O6P. The molecule has 0 bridgehead atoms. The Morgan fingerprint density at radius 3 is 2.46 bits per heavy atom. The van der Waals surface area contributed by atoms with Crippen LogP contribution in [0.15, 0.2) is 12.7 Å². The summed E-state index contributed by atoms with van der Waals surface area (Å²) in [5, 5.41) is 9.26. The first kappa shape index (κ1) is 12.5. The van der Waals surface area contributed by atoms with Crippen molar-refractivity contribution in [2.75, 3.05) is 6.61 Å². The van der Waals surface area contributed by atoms with Gasteiger partial charge in [-0.05, 0) is 13.0 Å². The molecule has 0 heterocycles. The second-order valence-corrected chi connectivity index (χ2v) is 3.85. The van der Waals surface area contributed by atoms with E-state index in [2.05, 4.69) is 11.1 Å². The van der Waals surface area contributed by atoms with Crippen molar-refractivity contribution in [3.8, 4) is 0 Å². The maximum absolute atomic E-state index is 10.8. The van der Waals surface area contributed by atoms with Gasteiger partial charge in [0.15, 0.2) is 5.78 Å². The van der Waals surface area contributed by atoms with Gasteiger partial charge < -0.3 is 14.9 Å². The summed E-state index contributed by atoms with van der Waals surface area (Å²) in [5.41, 5.74) is -1.96. The van der Waals surface area contributed by atoms with Gasteiger partial charge in [0.2, 0.25) is 0 Å². The average molecular weight is 210 g/mol. The van der Waals surface area contributed by atoms with E-state index in [4.69, 9.17) is 9.79 Å². The van der Waals surface area contributed by atoms with E-state index in [9.17, 15) is 14.5 Å². The van der Waals surface area contributed by atoms with Gasteiger partial charge in [0, 0.05) is 0 Å². The maximum atomic E-state index is 10.8. The lowest BCUT2D eigenvalue weighted by Gasteiger charge is -2.19. The molecule has 3 N–H and O–H groups in total. The monoisotopic (exact) mass is 210 g/mol. The Bertz CT molecular complexity index is 252. The van der Waals surface area contributed by atoms with Crippen LogP contribution in [0.5, 0.6) is 0 Å². The van der Waals surface area contributed by atoms with Gasteiger partial charge >= 0.3 is 7.82 Å². The fourth-order valence-electron chi connectivity index (χ4n) is 0.501. The zero-order valence-corrected chi connectivity index (χ0v) is 7.90. The molecule has 0 aliphatic carbocycles. The predicted octanol–water partition coefficient (Wildman–Crippen LogP) is -0.398. The summed E-state index contributed by atoms with van der Waals surface area (Å²) in [4.78, 5) is 27.4. The zero-order chi connectivity index (χ0) is 10.7. The Kier molecular flexibility index (Phi) is 3.96. The van der Waals surface area contributed by atoms with Gasteiger partial charge in [0.05, 0.1) is 6.61 Å². The molecule has 1 unspecified atom stereocenters. The first-order valence-corrected chi connectivity index (χ1v) is 4.81. The molecule has 0 saturated carbocycles. The van der Waals surface area contributed by atoms with Crippen LogP contribution in [0.1, 0.15) is 6.92 Å². The molecule has 0 amide bonds. The van der Waals surface area contributed by atoms with Crippen molar-refractivity contribution in [3.63, 3.8) is 0 Å². The van der Waals surface area contributed by atoms with Gasteiger partial charge in [-0.1, -0.05) is 6.58 Å². The van der Waals surface area contributed by atoms with Crippen LogP contribution in [-0.2, 0) is 13.9 Å². The molecule has 0 radical (unpaired) electrons. The van der Waals surface area contributed by atoms with Crippen molar-refractivity contribution < 1.29 is 28.8 Å². The van der Waals surface area contributed by atoms with E-state index in [1.165, 1.54) is 0 Å². The predicted molar refractivity (Wildman–Crippen MR) is 43.8 cm³/mol. The van der Waals surface area contributed by atoms with Crippen LogP contribution in [0.2, 0.25) is 0 Å². The summed E-state index contributed by atoms with van der Waals surface area (Å²) in [7, 11) is -4.66. The Labute approximate surface area is 75.1 Å². The minimum Gasteiger partial charge on any atom is -0.380 e. The standard InChI is InChI=1S/C6H11O6P/c1-3-5(7)6(2,8)4-12-13(9,10)11/h3,8H,1,4H2,2H3,(H2,9,10,11). The zero-order valence-electron chi connectivity index (χ0n) is 7.01. The molecule has 7 heteroatoms. The second-order valence-electron chi connectivity index (χ2n) is 2.61. The number of hydrogen-bond donors (Lipinski definition) is 3. The van der Waals surface area contributed by atoms with Gasteiger partial charge in [0.25, 0.3) is 0 Å². The van der Waals surface area contributed by atoms with Gasteiger partial charge in [-0.25, -0.2) is 4.57 Å². The molecule has 0 fully saturated rings. The Hall–Kier alpha value is -0.520. The smallest absolute Gasteiger partial charge is 0.380 e. The van der Waals surface area contributed by atoms with Crippen LogP contribution in [-0.4, -0.2) is 32.9 Å². The number of phosphoric acid groups is 1. The molecule has 6 nitrogen and oxygen atoms in total. The van der Waals surface area contributed by atoms with Crippen LogP contribution >= 0.6 is 7.82 Å². The van der Waals surface area contributed by atoms with E-state index in [1.54, 1.807) is 0 Å². The van der Waals surface area contributed by atoms with E-state index in [1.807, 2.05) is 0 Å². The number of ketones is 1. The quantitative estimate of drug-likeness (QED) is 0.421. The highest BCUT2D eigenvalue weighted by Crippen LogP contribution is 2.36. The molecule has 76 valence electrons. The first-order chi connectivity index (χ1) is 5.69. The van der Waals surface area contributed by atoms with Gasteiger partial charge in [0.1, 0.15) is 5.60 Å². The normalized spacial score (nSPS) is 16.3. The molecular weight excluding hydrogens is 199 g/mol. The van der Waals surface area contributed by atoms with E-state index < -0.39 is 25.8 Å². The van der Waals surface area contributed by atoms with Crippen LogP contribution in [0.4, 0.5) is 0 Å². The number of phosphoric ester groups is 1. The van der Waals surface area contributed by atoms with Gasteiger partial charge in [-0.15, -0.1) is 0 Å². The number of rotatable bonds is 5. The van der Waals surface area contributed by atoms with Crippen molar-refractivity contribution >= 4 is 13.6 Å². The largest absolute Gasteiger partial charge is 0.469 e. The van der Waals surface area contributed by atoms with Crippen molar-refractivity contribution in [2.45, 2.75) is 12.5 Å². The van der Waals surface area contributed by atoms with Crippen LogP contribution in [0, 0.1) is 0 Å². The summed E-state index contributed by atoms with van der Waals surface area (Å²) in [6.07, 6.45) is 0.850. The van der Waals surface area contributed by atoms with Crippen LogP contribution < -0.4 is 0 Å². The third-order valence-electron chi connectivity index (χ3n) is 1.23. The first-order valence-electron chi connectivity index (χ1n) is 3.28. The van der Waals surface area contributed by atoms with Crippen molar-refractivity contribution in [2.24, 2.45) is 0 Å². The minimum atomic E-state index is -4.66. The van der Waals surface area contributed by atoms with Crippen molar-refractivity contribution in [1.29, 1.82) is 0 Å². The molecule has 0 aliphatic rings. The SMILES string of the molecule is C=CC(=O)C(C)(O)COP(=O)(O)O. The second kappa shape index (κ2) is 4.13. The summed E-state index contributed by atoms with van der Waals surface area (Å²) < 4.78 is 14.2. The van der Waals surface area contributed by atoms with Gasteiger partial charge in [-0.2, -0.15) is 0 Å². The van der Waals surface area contributed by atoms with Crippen LogP contribution in [0.25, 0.3) is 0 Å². The number of carbonyl (C=O) groups is 1. The molecule has 0 aromatic carbocycles. The lowest BCUT2D eigenvalue weighted by Crippen LogP contribution is -2.38. The molecule has 0 aliphatic heterocycles. The lowest BCUT2D eigenvalue weighted by molar-refractivity contribution is -0.133. The van der Waals surface area contributed by atoms with Crippen molar-refractivity contribution in [1.82, 2.24) is 0 Å². The highest BCUT2D eigenvalue weighted by atomic mass is 31.2. The number of carbonyl (C=O) groups excluding carboxylic acids is 1. The molecule has 13 heavy (non-hydrogen) atoms. The lowest BCUT2D eigenvalue weighted by atomic mass is 10.0. The highest BCUT2D eigenvalue weighted by molar-refractivity contribution is 7.46. The molecule has 0 rings (SSSR count). The molecule has 1 atom stereocenters. The Morgan fingerprint density at radius 1 is 1.69 bits per heavy atom. The van der Waals surface area contributed by atoms with Crippen molar-refractivity contribution in [3.05, 3.63) is 12.7 Å². The van der Waals surface area contributed by atoms with Crippen LogP contribution in [0.3, 0.4) is 0 Å². The topological polar surface area (TPSA) is 104 Å². The van der Waals surface area contributed by atoms with E-state index >= 15 is 0 Å². The summed E-state index contributed by atoms with van der Waals surface area (Å²) in [5.74, 6) is -0.763. The van der Waals surface area contributed by atoms with E-state index in [0.717, 1.165) is 13.0 Å². The maximum Gasteiger partial charge on any atom is 0.469 e. The molecule has 0 saturated heterocycles. The number of aliphatic hydroxyl groups is 1. The average Bonchev–Trinajstić information content (AvgIpc) is 1.98. The third-order valence-corrected chi connectivity index (χ3v) is 1.70. The highest BCUT2D eigenvalue weighted by Gasteiger charge is 2.31.